The lowest BCUT2D eigenvalue weighted by atomic mass is 9.85. The van der Waals surface area contributed by atoms with Gasteiger partial charge in [0.05, 0.1) is 5.56 Å². The standard InChI is InChI=1S/C14H20BrNO3/c1-14(2,3)11(7-8-15)16-13(19)9-5-4-6-10(17)12(9)18/h4-6,11,17-18H,7-8H2,1-3H3,(H,16,19). The largest absolute Gasteiger partial charge is 0.504 e. The SMILES string of the molecule is CC(C)(C)C(CCBr)NC(=O)c1cccc(O)c1O. The van der Waals surface area contributed by atoms with Crippen LogP contribution in [-0.2, 0) is 0 Å². The number of rotatable bonds is 4. The van der Waals surface area contributed by atoms with E-state index in [1.165, 1.54) is 18.2 Å². The molecule has 0 fully saturated rings. The first-order valence-corrected chi connectivity index (χ1v) is 7.27. The first kappa shape index (κ1) is 15.8. The van der Waals surface area contributed by atoms with Crippen molar-refractivity contribution in [1.29, 1.82) is 0 Å². The van der Waals surface area contributed by atoms with Gasteiger partial charge in [0.15, 0.2) is 11.5 Å². The van der Waals surface area contributed by atoms with Gasteiger partial charge in [-0.15, -0.1) is 0 Å². The van der Waals surface area contributed by atoms with Gasteiger partial charge in [0.2, 0.25) is 0 Å². The molecule has 0 spiro atoms. The van der Waals surface area contributed by atoms with Gasteiger partial charge in [-0.25, -0.2) is 0 Å². The van der Waals surface area contributed by atoms with Crippen LogP contribution in [0.2, 0.25) is 0 Å². The number of nitrogens with one attached hydrogen (secondary N) is 1. The second kappa shape index (κ2) is 6.28. The average Bonchev–Trinajstić information content (AvgIpc) is 2.30. The van der Waals surface area contributed by atoms with Gasteiger partial charge in [-0.2, -0.15) is 0 Å². The fourth-order valence-corrected chi connectivity index (χ4v) is 2.24. The van der Waals surface area contributed by atoms with Crippen molar-refractivity contribution in [2.24, 2.45) is 5.41 Å². The van der Waals surface area contributed by atoms with Crippen LogP contribution in [-0.4, -0.2) is 27.5 Å². The average molecular weight is 330 g/mol. The second-order valence-corrected chi connectivity index (χ2v) is 6.34. The summed E-state index contributed by atoms with van der Waals surface area (Å²) in [6.07, 6.45) is 0.787. The molecule has 5 heteroatoms. The minimum absolute atomic E-state index is 0.0267. The Balaban J connectivity index is 2.91. The van der Waals surface area contributed by atoms with Crippen LogP contribution in [0.25, 0.3) is 0 Å². The highest BCUT2D eigenvalue weighted by Gasteiger charge is 2.27. The number of hydrogen-bond acceptors (Lipinski definition) is 3. The lowest BCUT2D eigenvalue weighted by Gasteiger charge is -2.31. The Morgan fingerprint density at radius 3 is 2.53 bits per heavy atom. The third-order valence-corrected chi connectivity index (χ3v) is 3.47. The number of phenolic OH excluding ortho intramolecular Hbond substituents is 2. The third kappa shape index (κ3) is 4.13. The Morgan fingerprint density at radius 2 is 2.00 bits per heavy atom. The minimum atomic E-state index is -0.383. The van der Waals surface area contributed by atoms with Gasteiger partial charge in [0.1, 0.15) is 0 Å². The lowest BCUT2D eigenvalue weighted by Crippen LogP contribution is -2.44. The van der Waals surface area contributed by atoms with Gasteiger partial charge >= 0.3 is 0 Å². The van der Waals surface area contributed by atoms with E-state index in [1.54, 1.807) is 0 Å². The zero-order valence-corrected chi connectivity index (χ0v) is 13.0. The summed E-state index contributed by atoms with van der Waals surface area (Å²) in [6, 6.07) is 4.33. The monoisotopic (exact) mass is 329 g/mol. The molecular weight excluding hydrogens is 310 g/mol. The Morgan fingerprint density at radius 1 is 1.37 bits per heavy atom. The minimum Gasteiger partial charge on any atom is -0.504 e. The highest BCUT2D eigenvalue weighted by Crippen LogP contribution is 2.29. The molecule has 0 aliphatic rings. The summed E-state index contributed by atoms with van der Waals surface area (Å²) in [5.74, 6) is -1.05. The van der Waals surface area contributed by atoms with Crippen molar-refractivity contribution < 1.29 is 15.0 Å². The first-order chi connectivity index (χ1) is 8.77. The molecule has 1 unspecified atom stereocenters. The molecular formula is C14H20BrNO3. The molecule has 3 N–H and O–H groups in total. The van der Waals surface area contributed by atoms with Crippen molar-refractivity contribution in [2.45, 2.75) is 33.2 Å². The van der Waals surface area contributed by atoms with Crippen LogP contribution >= 0.6 is 15.9 Å². The summed E-state index contributed by atoms with van der Waals surface area (Å²) in [6.45, 7) is 6.13. The number of hydrogen-bond donors (Lipinski definition) is 3. The highest BCUT2D eigenvalue weighted by molar-refractivity contribution is 9.09. The van der Waals surface area contributed by atoms with Crippen LogP contribution < -0.4 is 5.32 Å². The molecule has 0 heterocycles. The van der Waals surface area contributed by atoms with Crippen LogP contribution in [0.4, 0.5) is 0 Å². The topological polar surface area (TPSA) is 69.6 Å². The number of carbonyl (C=O) groups is 1. The molecule has 1 amide bonds. The van der Waals surface area contributed by atoms with E-state index in [1.807, 2.05) is 20.8 Å². The second-order valence-electron chi connectivity index (χ2n) is 5.54. The molecule has 19 heavy (non-hydrogen) atoms. The Kier molecular flexibility index (Phi) is 5.23. The summed E-state index contributed by atoms with van der Waals surface area (Å²) in [7, 11) is 0. The molecule has 1 atom stereocenters. The molecule has 0 saturated heterocycles. The van der Waals surface area contributed by atoms with Crippen LogP contribution in [0.15, 0.2) is 18.2 Å². The van der Waals surface area contributed by atoms with E-state index < -0.39 is 0 Å². The maximum atomic E-state index is 12.2. The molecule has 0 aromatic heterocycles. The first-order valence-electron chi connectivity index (χ1n) is 6.15. The summed E-state index contributed by atoms with van der Waals surface area (Å²) in [5.41, 5.74) is -0.000554. The van der Waals surface area contributed by atoms with E-state index >= 15 is 0 Å². The maximum Gasteiger partial charge on any atom is 0.255 e. The summed E-state index contributed by atoms with van der Waals surface area (Å²) >= 11 is 3.37. The Bertz CT molecular complexity index is 454. The van der Waals surface area contributed by atoms with E-state index in [0.717, 1.165) is 11.8 Å². The molecule has 4 nitrogen and oxygen atoms in total. The van der Waals surface area contributed by atoms with E-state index in [0.29, 0.717) is 0 Å². The fraction of sp³-hybridized carbons (Fsp3) is 0.500. The predicted octanol–water partition coefficient (Wildman–Crippen LogP) is 3.03. The molecule has 0 bridgehead atoms. The molecule has 0 saturated carbocycles. The van der Waals surface area contributed by atoms with Crippen molar-refractivity contribution in [1.82, 2.24) is 5.32 Å². The third-order valence-electron chi connectivity index (χ3n) is 3.01. The number of benzene rings is 1. The smallest absolute Gasteiger partial charge is 0.255 e. The van der Waals surface area contributed by atoms with Gasteiger partial charge in [0.25, 0.3) is 5.91 Å². The summed E-state index contributed by atoms with van der Waals surface area (Å²) in [4.78, 5) is 12.2. The van der Waals surface area contributed by atoms with Crippen molar-refractivity contribution in [2.75, 3.05) is 5.33 Å². The van der Waals surface area contributed by atoms with Gasteiger partial charge in [-0.1, -0.05) is 42.8 Å². The number of amides is 1. The Labute approximate surface area is 122 Å². The van der Waals surface area contributed by atoms with Crippen molar-refractivity contribution in [3.8, 4) is 11.5 Å². The van der Waals surface area contributed by atoms with Crippen molar-refractivity contribution >= 4 is 21.8 Å². The number of para-hydroxylation sites is 1. The zero-order valence-electron chi connectivity index (χ0n) is 11.4. The molecule has 106 valence electrons. The molecule has 1 rings (SSSR count). The highest BCUT2D eigenvalue weighted by atomic mass is 79.9. The lowest BCUT2D eigenvalue weighted by molar-refractivity contribution is 0.0897. The molecule has 0 radical (unpaired) electrons. The maximum absolute atomic E-state index is 12.2. The quantitative estimate of drug-likeness (QED) is 0.587. The van der Waals surface area contributed by atoms with Gasteiger partial charge < -0.3 is 15.5 Å². The van der Waals surface area contributed by atoms with Crippen LogP contribution in [0.1, 0.15) is 37.6 Å². The Hall–Kier alpha value is -1.23. The number of carbonyl (C=O) groups excluding carboxylic acids is 1. The molecule has 0 aliphatic carbocycles. The van der Waals surface area contributed by atoms with Crippen molar-refractivity contribution in [3.63, 3.8) is 0 Å². The summed E-state index contributed by atoms with van der Waals surface area (Å²) in [5, 5.41) is 22.8. The van der Waals surface area contributed by atoms with Crippen molar-refractivity contribution in [3.05, 3.63) is 23.8 Å². The van der Waals surface area contributed by atoms with E-state index in [4.69, 9.17) is 0 Å². The molecule has 1 aromatic rings. The van der Waals surface area contributed by atoms with Gasteiger partial charge in [-0.05, 0) is 24.0 Å². The van der Waals surface area contributed by atoms with Gasteiger partial charge in [0, 0.05) is 11.4 Å². The van der Waals surface area contributed by atoms with E-state index in [9.17, 15) is 15.0 Å². The fourth-order valence-electron chi connectivity index (χ4n) is 1.78. The number of alkyl halides is 1. The summed E-state index contributed by atoms with van der Waals surface area (Å²) < 4.78 is 0. The van der Waals surface area contributed by atoms with Crippen LogP contribution in [0, 0.1) is 5.41 Å². The predicted molar refractivity (Wildman–Crippen MR) is 78.9 cm³/mol. The molecule has 0 aliphatic heterocycles. The van der Waals surface area contributed by atoms with Gasteiger partial charge in [-0.3, -0.25) is 4.79 Å². The number of halogens is 1. The van der Waals surface area contributed by atoms with E-state index in [-0.39, 0.29) is 34.4 Å². The molecule has 1 aromatic carbocycles. The van der Waals surface area contributed by atoms with Crippen LogP contribution in [0.5, 0.6) is 11.5 Å². The zero-order chi connectivity index (χ0) is 14.6. The normalized spacial score (nSPS) is 13.1. The number of aromatic hydroxyl groups is 2. The van der Waals surface area contributed by atoms with E-state index in [2.05, 4.69) is 21.2 Å². The number of phenols is 2. The van der Waals surface area contributed by atoms with Crippen LogP contribution in [0.3, 0.4) is 0 Å².